The van der Waals surface area contributed by atoms with Gasteiger partial charge in [0, 0.05) is 19.6 Å². The topological polar surface area (TPSA) is 82.1 Å². The van der Waals surface area contributed by atoms with Crippen LogP contribution in [0.4, 0.5) is 5.95 Å². The molecule has 0 amide bonds. The third-order valence-electron chi connectivity index (χ3n) is 3.48. The van der Waals surface area contributed by atoms with Crippen LogP contribution < -0.4 is 10.6 Å². The van der Waals surface area contributed by atoms with Crippen LogP contribution in [0.15, 0.2) is 30.3 Å². The van der Waals surface area contributed by atoms with Crippen molar-refractivity contribution in [3.05, 3.63) is 30.3 Å². The molecule has 0 radical (unpaired) electrons. The van der Waals surface area contributed by atoms with E-state index in [1.54, 1.807) is 4.68 Å². The minimum Gasteiger partial charge on any atom is -0.367 e. The van der Waals surface area contributed by atoms with Gasteiger partial charge in [0.05, 0.1) is 17.4 Å². The first-order chi connectivity index (χ1) is 10.1. The van der Waals surface area contributed by atoms with Gasteiger partial charge in [0.15, 0.2) is 0 Å². The summed E-state index contributed by atoms with van der Waals surface area (Å²) in [6.07, 6.45) is -0.0188. The lowest BCUT2D eigenvalue weighted by Crippen LogP contribution is -2.55. The number of anilines is 1. The van der Waals surface area contributed by atoms with Gasteiger partial charge in [0.1, 0.15) is 0 Å². The van der Waals surface area contributed by atoms with Gasteiger partial charge in [-0.2, -0.15) is 4.68 Å². The number of nitrogens with two attached hydrogens (primary N) is 1. The number of rotatable bonds is 3. The molecule has 1 unspecified atom stereocenters. The van der Waals surface area contributed by atoms with Gasteiger partial charge < -0.3 is 15.4 Å². The molecule has 1 atom stereocenters. The molecule has 2 aromatic rings. The Morgan fingerprint density at radius 3 is 2.81 bits per heavy atom. The normalized spacial score (nSPS) is 21.5. The Morgan fingerprint density at radius 1 is 1.33 bits per heavy atom. The second kappa shape index (κ2) is 5.42. The molecule has 112 valence electrons. The van der Waals surface area contributed by atoms with Crippen molar-refractivity contribution in [2.75, 3.05) is 24.5 Å². The molecule has 2 N–H and O–H groups in total. The summed E-state index contributed by atoms with van der Waals surface area (Å²) < 4.78 is 7.70. The monoisotopic (exact) mass is 288 g/mol. The molecular weight excluding hydrogens is 268 g/mol. The zero-order valence-electron chi connectivity index (χ0n) is 12.3. The summed E-state index contributed by atoms with van der Waals surface area (Å²) in [4.78, 5) is 2.13. The van der Waals surface area contributed by atoms with E-state index in [4.69, 9.17) is 10.5 Å². The second-order valence-electron chi connectivity index (χ2n) is 5.84. The van der Waals surface area contributed by atoms with Gasteiger partial charge in [-0.1, -0.05) is 23.3 Å². The molecule has 0 spiro atoms. The van der Waals surface area contributed by atoms with E-state index in [0.29, 0.717) is 13.1 Å². The predicted octanol–water partition coefficient (Wildman–Crippen LogP) is 0.605. The molecule has 1 aliphatic heterocycles. The third-order valence-corrected chi connectivity index (χ3v) is 3.48. The maximum absolute atomic E-state index is 5.95. The Bertz CT molecular complexity index is 597. The molecule has 1 fully saturated rings. The molecule has 21 heavy (non-hydrogen) atoms. The minimum absolute atomic E-state index is 0.0188. The fourth-order valence-electron chi connectivity index (χ4n) is 2.69. The van der Waals surface area contributed by atoms with Gasteiger partial charge in [-0.3, -0.25) is 0 Å². The van der Waals surface area contributed by atoms with Crippen LogP contribution in [0, 0.1) is 0 Å². The van der Waals surface area contributed by atoms with Crippen molar-refractivity contribution in [3.8, 4) is 5.69 Å². The third kappa shape index (κ3) is 2.88. The van der Waals surface area contributed by atoms with Crippen molar-refractivity contribution in [3.63, 3.8) is 0 Å². The molecule has 1 saturated heterocycles. The van der Waals surface area contributed by atoms with Crippen molar-refractivity contribution >= 4 is 5.95 Å². The Balaban J connectivity index is 1.92. The first-order valence-corrected chi connectivity index (χ1v) is 7.06. The summed E-state index contributed by atoms with van der Waals surface area (Å²) in [7, 11) is 0. The number of hydrogen-bond acceptors (Lipinski definition) is 6. The van der Waals surface area contributed by atoms with E-state index >= 15 is 0 Å². The van der Waals surface area contributed by atoms with E-state index in [-0.39, 0.29) is 11.7 Å². The highest BCUT2D eigenvalue weighted by molar-refractivity contribution is 5.41. The number of nitrogens with zero attached hydrogens (tertiary/aromatic N) is 5. The maximum Gasteiger partial charge on any atom is 0.250 e. The molecule has 1 aliphatic rings. The average Bonchev–Trinajstić information content (AvgIpc) is 2.96. The molecule has 0 bridgehead atoms. The standard InChI is InChI=1S/C14H20N6O/c1-14(2)10-19(9-12(8-15)21-14)13-16-17-18-20(13)11-6-4-3-5-7-11/h3-7,12H,8-10,15H2,1-2H3. The Morgan fingerprint density at radius 2 is 2.10 bits per heavy atom. The second-order valence-corrected chi connectivity index (χ2v) is 5.84. The van der Waals surface area contributed by atoms with Crippen LogP contribution in [-0.4, -0.2) is 51.5 Å². The van der Waals surface area contributed by atoms with Crippen molar-refractivity contribution in [1.82, 2.24) is 20.2 Å². The molecule has 1 aromatic heterocycles. The Labute approximate surface area is 123 Å². The number of ether oxygens (including phenoxy) is 1. The van der Waals surface area contributed by atoms with Crippen LogP contribution in [0.5, 0.6) is 0 Å². The van der Waals surface area contributed by atoms with Crippen LogP contribution >= 0.6 is 0 Å². The van der Waals surface area contributed by atoms with Crippen LogP contribution in [0.25, 0.3) is 5.69 Å². The van der Waals surface area contributed by atoms with E-state index in [2.05, 4.69) is 34.3 Å². The smallest absolute Gasteiger partial charge is 0.250 e. The van der Waals surface area contributed by atoms with Gasteiger partial charge >= 0.3 is 0 Å². The first-order valence-electron chi connectivity index (χ1n) is 7.06. The number of para-hydroxylation sites is 1. The van der Waals surface area contributed by atoms with Crippen molar-refractivity contribution in [1.29, 1.82) is 0 Å². The van der Waals surface area contributed by atoms with E-state index in [0.717, 1.165) is 18.2 Å². The number of benzene rings is 1. The fourth-order valence-corrected chi connectivity index (χ4v) is 2.69. The summed E-state index contributed by atoms with van der Waals surface area (Å²) in [5.74, 6) is 0.719. The van der Waals surface area contributed by atoms with E-state index in [1.807, 2.05) is 30.3 Å². The summed E-state index contributed by atoms with van der Waals surface area (Å²) in [6, 6.07) is 9.85. The quantitative estimate of drug-likeness (QED) is 0.891. The first kappa shape index (κ1) is 14.0. The molecule has 0 aliphatic carbocycles. The summed E-state index contributed by atoms with van der Waals surface area (Å²) in [6.45, 7) is 5.99. The molecule has 0 saturated carbocycles. The van der Waals surface area contributed by atoms with Crippen molar-refractivity contribution in [2.45, 2.75) is 25.6 Å². The highest BCUT2D eigenvalue weighted by Crippen LogP contribution is 2.25. The van der Waals surface area contributed by atoms with Gasteiger partial charge in [0.25, 0.3) is 5.95 Å². The van der Waals surface area contributed by atoms with Crippen LogP contribution in [-0.2, 0) is 4.74 Å². The molecule has 2 heterocycles. The van der Waals surface area contributed by atoms with Crippen LogP contribution in [0.2, 0.25) is 0 Å². The lowest BCUT2D eigenvalue weighted by molar-refractivity contribution is -0.0793. The van der Waals surface area contributed by atoms with Crippen molar-refractivity contribution in [2.24, 2.45) is 5.73 Å². The van der Waals surface area contributed by atoms with Crippen LogP contribution in [0.1, 0.15) is 13.8 Å². The largest absolute Gasteiger partial charge is 0.367 e. The zero-order valence-corrected chi connectivity index (χ0v) is 12.3. The lowest BCUT2D eigenvalue weighted by Gasteiger charge is -2.42. The molecule has 7 heteroatoms. The molecule has 7 nitrogen and oxygen atoms in total. The lowest BCUT2D eigenvalue weighted by atomic mass is 10.1. The van der Waals surface area contributed by atoms with Crippen LogP contribution in [0.3, 0.4) is 0 Å². The average molecular weight is 288 g/mol. The summed E-state index contributed by atoms with van der Waals surface area (Å²) >= 11 is 0. The van der Waals surface area contributed by atoms with Gasteiger partial charge in [-0.15, -0.1) is 0 Å². The Kier molecular flexibility index (Phi) is 3.60. The fraction of sp³-hybridized carbons (Fsp3) is 0.500. The van der Waals surface area contributed by atoms with Gasteiger partial charge in [0.2, 0.25) is 0 Å². The summed E-state index contributed by atoms with van der Waals surface area (Å²) in [5.41, 5.74) is 6.43. The van der Waals surface area contributed by atoms with Crippen molar-refractivity contribution < 1.29 is 4.74 Å². The van der Waals surface area contributed by atoms with E-state index in [1.165, 1.54) is 0 Å². The highest BCUT2D eigenvalue weighted by Gasteiger charge is 2.35. The Hall–Kier alpha value is -1.99. The molecule has 3 rings (SSSR count). The number of morpholine rings is 1. The molecule has 1 aromatic carbocycles. The summed E-state index contributed by atoms with van der Waals surface area (Å²) in [5, 5.41) is 12.1. The maximum atomic E-state index is 5.95. The predicted molar refractivity (Wildman–Crippen MR) is 79.4 cm³/mol. The minimum atomic E-state index is -0.282. The highest BCUT2D eigenvalue weighted by atomic mass is 16.5. The van der Waals surface area contributed by atoms with Gasteiger partial charge in [-0.05, 0) is 36.4 Å². The van der Waals surface area contributed by atoms with Gasteiger partial charge in [-0.25, -0.2) is 0 Å². The zero-order chi connectivity index (χ0) is 14.9. The molecular formula is C14H20N6O. The van der Waals surface area contributed by atoms with E-state index in [9.17, 15) is 0 Å². The number of tetrazole rings is 1. The number of hydrogen-bond donors (Lipinski definition) is 1. The van der Waals surface area contributed by atoms with E-state index < -0.39 is 0 Å². The SMILES string of the molecule is CC1(C)CN(c2nnnn2-c2ccccc2)CC(CN)O1. The number of aromatic nitrogens is 4.